The van der Waals surface area contributed by atoms with Crippen molar-refractivity contribution in [3.8, 4) is 0 Å². The number of carbonyl (C=O) groups is 1. The van der Waals surface area contributed by atoms with E-state index in [4.69, 9.17) is 0 Å². The fourth-order valence-electron chi connectivity index (χ4n) is 3.64. The van der Waals surface area contributed by atoms with Crippen molar-refractivity contribution < 1.29 is 15.0 Å². The van der Waals surface area contributed by atoms with Gasteiger partial charge in [0.15, 0.2) is 0 Å². The van der Waals surface area contributed by atoms with Crippen LogP contribution in [0.4, 0.5) is 0 Å². The lowest BCUT2D eigenvalue weighted by atomic mass is 9.64. The van der Waals surface area contributed by atoms with Gasteiger partial charge in [0.05, 0.1) is 5.60 Å². The van der Waals surface area contributed by atoms with E-state index in [2.05, 4.69) is 36.7 Å². The molecule has 1 saturated carbocycles. The van der Waals surface area contributed by atoms with Crippen molar-refractivity contribution in [1.82, 2.24) is 0 Å². The first-order valence-corrected chi connectivity index (χ1v) is 8.63. The molecule has 2 rings (SSSR count). The second-order valence-corrected chi connectivity index (χ2v) is 8.49. The van der Waals surface area contributed by atoms with Gasteiger partial charge >= 0.3 is 5.97 Å². The van der Waals surface area contributed by atoms with E-state index in [1.165, 1.54) is 0 Å². The van der Waals surface area contributed by atoms with Gasteiger partial charge in [-0.25, -0.2) is 0 Å². The van der Waals surface area contributed by atoms with Crippen LogP contribution in [-0.4, -0.2) is 21.8 Å². The topological polar surface area (TPSA) is 57.5 Å². The molecule has 0 bridgehead atoms. The monoisotopic (exact) mass is 368 g/mol. The number of benzene rings is 1. The Morgan fingerprint density at radius 2 is 1.91 bits per heavy atom. The van der Waals surface area contributed by atoms with Gasteiger partial charge in [0.25, 0.3) is 0 Å². The van der Waals surface area contributed by atoms with Gasteiger partial charge in [0.1, 0.15) is 5.92 Å². The van der Waals surface area contributed by atoms with Gasteiger partial charge in [-0.15, -0.1) is 0 Å². The molecule has 0 heterocycles. The minimum absolute atomic E-state index is 0.204. The third-order valence-electron chi connectivity index (χ3n) is 5.04. The van der Waals surface area contributed by atoms with Crippen LogP contribution in [0.15, 0.2) is 28.7 Å². The van der Waals surface area contributed by atoms with Crippen LogP contribution in [0.25, 0.3) is 0 Å². The van der Waals surface area contributed by atoms with E-state index in [9.17, 15) is 15.0 Å². The molecule has 0 spiro atoms. The van der Waals surface area contributed by atoms with Crippen LogP contribution in [0.1, 0.15) is 57.9 Å². The van der Waals surface area contributed by atoms with Crippen molar-refractivity contribution in [2.24, 2.45) is 11.3 Å². The SMILES string of the molecule is CC(C)(C)C1CCC(O)(C(C(=O)O)c2cccc(Br)c2)CC1. The summed E-state index contributed by atoms with van der Waals surface area (Å²) in [5.41, 5.74) is -0.289. The normalized spacial score (nSPS) is 27.4. The zero-order valence-corrected chi connectivity index (χ0v) is 15.1. The number of hydrogen-bond donors (Lipinski definition) is 2. The van der Waals surface area contributed by atoms with E-state index in [0.717, 1.165) is 17.3 Å². The molecule has 0 aliphatic heterocycles. The molecule has 122 valence electrons. The summed E-state index contributed by atoms with van der Waals surface area (Å²) < 4.78 is 0.836. The van der Waals surface area contributed by atoms with Crippen molar-refractivity contribution in [3.05, 3.63) is 34.3 Å². The molecule has 3 nitrogen and oxygen atoms in total. The zero-order chi connectivity index (χ0) is 16.5. The summed E-state index contributed by atoms with van der Waals surface area (Å²) in [6, 6.07) is 7.27. The number of halogens is 1. The lowest BCUT2D eigenvalue weighted by Crippen LogP contribution is -2.45. The molecule has 1 aromatic rings. The zero-order valence-electron chi connectivity index (χ0n) is 13.5. The first kappa shape index (κ1) is 17.5. The smallest absolute Gasteiger partial charge is 0.313 e. The Hall–Kier alpha value is -0.870. The van der Waals surface area contributed by atoms with E-state index < -0.39 is 17.5 Å². The lowest BCUT2D eigenvalue weighted by Gasteiger charge is -2.43. The predicted molar refractivity (Wildman–Crippen MR) is 90.9 cm³/mol. The fourth-order valence-corrected chi connectivity index (χ4v) is 4.06. The third kappa shape index (κ3) is 3.72. The van der Waals surface area contributed by atoms with Crippen LogP contribution in [0, 0.1) is 11.3 Å². The highest BCUT2D eigenvalue weighted by molar-refractivity contribution is 9.10. The molecule has 1 fully saturated rings. The average molecular weight is 369 g/mol. The number of aliphatic hydroxyl groups is 1. The standard InChI is InChI=1S/C18H25BrO3/c1-17(2,3)13-7-9-18(22,10-8-13)15(16(20)21)12-5-4-6-14(19)11-12/h4-6,11,13,15,22H,7-10H2,1-3H3,(H,20,21). The summed E-state index contributed by atoms with van der Waals surface area (Å²) >= 11 is 3.38. The Morgan fingerprint density at radius 1 is 1.32 bits per heavy atom. The highest BCUT2D eigenvalue weighted by Crippen LogP contribution is 2.46. The van der Waals surface area contributed by atoms with Crippen molar-refractivity contribution in [3.63, 3.8) is 0 Å². The minimum atomic E-state index is -1.16. The molecule has 0 radical (unpaired) electrons. The predicted octanol–water partition coefficient (Wildman–Crippen LogP) is 4.58. The molecule has 0 amide bonds. The third-order valence-corrected chi connectivity index (χ3v) is 5.54. The summed E-state index contributed by atoms with van der Waals surface area (Å²) in [4.78, 5) is 11.8. The quantitative estimate of drug-likeness (QED) is 0.820. The molecule has 1 aliphatic rings. The Morgan fingerprint density at radius 3 is 2.36 bits per heavy atom. The maximum Gasteiger partial charge on any atom is 0.313 e. The molecular formula is C18H25BrO3. The van der Waals surface area contributed by atoms with Crippen LogP contribution in [-0.2, 0) is 4.79 Å². The van der Waals surface area contributed by atoms with Gasteiger partial charge < -0.3 is 10.2 Å². The highest BCUT2D eigenvalue weighted by Gasteiger charge is 2.46. The summed E-state index contributed by atoms with van der Waals surface area (Å²) in [6.45, 7) is 6.64. The number of carboxylic acids is 1. The number of hydrogen-bond acceptors (Lipinski definition) is 2. The van der Waals surface area contributed by atoms with Gasteiger partial charge in [-0.2, -0.15) is 0 Å². The summed E-state index contributed by atoms with van der Waals surface area (Å²) in [5, 5.41) is 20.7. The van der Waals surface area contributed by atoms with Crippen LogP contribution in [0.2, 0.25) is 0 Å². The molecule has 0 saturated heterocycles. The van der Waals surface area contributed by atoms with Gasteiger partial charge in [0, 0.05) is 4.47 Å². The van der Waals surface area contributed by atoms with Gasteiger partial charge in [-0.1, -0.05) is 48.8 Å². The van der Waals surface area contributed by atoms with E-state index in [-0.39, 0.29) is 5.41 Å². The maximum atomic E-state index is 11.8. The van der Waals surface area contributed by atoms with Crippen LogP contribution in [0.5, 0.6) is 0 Å². The number of rotatable bonds is 3. The van der Waals surface area contributed by atoms with Crippen LogP contribution >= 0.6 is 15.9 Å². The number of carboxylic acid groups (broad SMARTS) is 1. The van der Waals surface area contributed by atoms with E-state index in [1.807, 2.05) is 12.1 Å². The summed E-state index contributed by atoms with van der Waals surface area (Å²) in [7, 11) is 0. The summed E-state index contributed by atoms with van der Waals surface area (Å²) in [6.07, 6.45) is 2.83. The molecule has 0 aromatic heterocycles. The molecule has 1 aliphatic carbocycles. The Kier molecular flexibility index (Phi) is 5.03. The van der Waals surface area contributed by atoms with Gasteiger partial charge in [-0.3, -0.25) is 4.79 Å². The van der Waals surface area contributed by atoms with E-state index in [0.29, 0.717) is 24.3 Å². The van der Waals surface area contributed by atoms with Gasteiger partial charge in [0.2, 0.25) is 0 Å². The largest absolute Gasteiger partial charge is 0.481 e. The molecule has 4 heteroatoms. The van der Waals surface area contributed by atoms with E-state index in [1.54, 1.807) is 12.1 Å². The second kappa shape index (κ2) is 6.32. The second-order valence-electron chi connectivity index (χ2n) is 7.57. The van der Waals surface area contributed by atoms with Crippen molar-refractivity contribution in [2.75, 3.05) is 0 Å². The Labute approximate surface area is 140 Å². The maximum absolute atomic E-state index is 11.8. The minimum Gasteiger partial charge on any atom is -0.481 e. The Balaban J connectivity index is 2.25. The Bertz CT molecular complexity index is 540. The molecular weight excluding hydrogens is 344 g/mol. The van der Waals surface area contributed by atoms with E-state index >= 15 is 0 Å². The number of aliphatic carboxylic acids is 1. The van der Waals surface area contributed by atoms with Crippen molar-refractivity contribution >= 4 is 21.9 Å². The van der Waals surface area contributed by atoms with Crippen molar-refractivity contribution in [2.45, 2.75) is 58.0 Å². The van der Waals surface area contributed by atoms with Gasteiger partial charge in [-0.05, 0) is 54.7 Å². The first-order chi connectivity index (χ1) is 10.1. The first-order valence-electron chi connectivity index (χ1n) is 7.84. The highest BCUT2D eigenvalue weighted by atomic mass is 79.9. The molecule has 1 unspecified atom stereocenters. The lowest BCUT2D eigenvalue weighted by molar-refractivity contribution is -0.149. The average Bonchev–Trinajstić information content (AvgIpc) is 2.37. The molecule has 1 aromatic carbocycles. The molecule has 1 atom stereocenters. The molecule has 2 N–H and O–H groups in total. The van der Waals surface area contributed by atoms with Crippen molar-refractivity contribution in [1.29, 1.82) is 0 Å². The van der Waals surface area contributed by atoms with Crippen LogP contribution < -0.4 is 0 Å². The molecule has 22 heavy (non-hydrogen) atoms. The summed E-state index contributed by atoms with van der Waals surface area (Å²) in [5.74, 6) is -1.29. The van der Waals surface area contributed by atoms with Crippen LogP contribution in [0.3, 0.4) is 0 Å². The fraction of sp³-hybridized carbons (Fsp3) is 0.611.